The second-order valence-corrected chi connectivity index (χ2v) is 8.36. The molecule has 0 bridgehead atoms. The number of rotatable bonds is 11. The van der Waals surface area contributed by atoms with Crippen LogP contribution in [0, 0.1) is 5.82 Å². The number of halogens is 1. The highest BCUT2D eigenvalue weighted by Gasteiger charge is 2.32. The fraction of sp³-hybridized carbons (Fsp3) is 0.346. The molecule has 1 heterocycles. The van der Waals surface area contributed by atoms with Crippen LogP contribution in [-0.4, -0.2) is 38.5 Å². The van der Waals surface area contributed by atoms with Crippen molar-refractivity contribution in [1.82, 2.24) is 14.7 Å². The van der Waals surface area contributed by atoms with Crippen molar-refractivity contribution in [3.63, 3.8) is 0 Å². The Kier molecular flexibility index (Phi) is 7.02. The highest BCUT2D eigenvalue weighted by molar-refractivity contribution is 5.65. The van der Waals surface area contributed by atoms with Crippen LogP contribution < -0.4 is 4.74 Å². The first-order valence-corrected chi connectivity index (χ1v) is 11.1. The van der Waals surface area contributed by atoms with Crippen LogP contribution in [0.1, 0.15) is 31.2 Å². The number of hydrogen-bond donors (Lipinski definition) is 1. The van der Waals surface area contributed by atoms with E-state index in [1.807, 2.05) is 43.5 Å². The van der Waals surface area contributed by atoms with Gasteiger partial charge in [0.25, 0.3) is 0 Å². The van der Waals surface area contributed by atoms with Crippen molar-refractivity contribution in [2.45, 2.75) is 44.4 Å². The average molecular weight is 436 g/mol. The zero-order valence-electron chi connectivity index (χ0n) is 18.5. The molecule has 5 nitrogen and oxygen atoms in total. The van der Waals surface area contributed by atoms with Crippen LogP contribution in [0.25, 0.3) is 11.3 Å². The van der Waals surface area contributed by atoms with Gasteiger partial charge in [0.15, 0.2) is 0 Å². The molecule has 0 aliphatic heterocycles. The van der Waals surface area contributed by atoms with Crippen molar-refractivity contribution in [1.29, 1.82) is 0 Å². The van der Waals surface area contributed by atoms with E-state index in [9.17, 15) is 9.50 Å². The Balaban J connectivity index is 1.67. The van der Waals surface area contributed by atoms with Gasteiger partial charge in [0.1, 0.15) is 17.3 Å². The predicted octanol–water partition coefficient (Wildman–Crippen LogP) is 5.31. The van der Waals surface area contributed by atoms with Crippen molar-refractivity contribution in [3.8, 4) is 22.9 Å². The lowest BCUT2D eigenvalue weighted by Gasteiger charge is -2.25. The lowest BCUT2D eigenvalue weighted by Crippen LogP contribution is -2.34. The summed E-state index contributed by atoms with van der Waals surface area (Å²) in [5.41, 5.74) is 2.83. The van der Waals surface area contributed by atoms with Crippen molar-refractivity contribution in [3.05, 3.63) is 78.6 Å². The smallest absolute Gasteiger partial charge is 0.222 e. The van der Waals surface area contributed by atoms with Gasteiger partial charge < -0.3 is 9.84 Å². The number of aromatic nitrogens is 2. The molecule has 0 unspecified atom stereocenters. The summed E-state index contributed by atoms with van der Waals surface area (Å²) in [6.45, 7) is 4.97. The lowest BCUT2D eigenvalue weighted by atomic mass is 10.1. The summed E-state index contributed by atoms with van der Waals surface area (Å²) in [4.78, 5) is 2.33. The first-order chi connectivity index (χ1) is 15.5. The molecule has 6 heteroatoms. The molecule has 1 atom stereocenters. The molecule has 1 fully saturated rings. The Hall–Kier alpha value is -2.96. The van der Waals surface area contributed by atoms with Crippen molar-refractivity contribution >= 4 is 0 Å². The number of aryl methyl sites for hydroxylation is 1. The van der Waals surface area contributed by atoms with Crippen molar-refractivity contribution < 1.29 is 14.2 Å². The van der Waals surface area contributed by atoms with Gasteiger partial charge in [-0.2, -0.15) is 5.10 Å². The molecule has 168 valence electrons. The summed E-state index contributed by atoms with van der Waals surface area (Å²) < 4.78 is 21.3. The maximum atomic E-state index is 13.4. The Bertz CT molecular complexity index is 1030. The van der Waals surface area contributed by atoms with Crippen LogP contribution in [0.2, 0.25) is 0 Å². The second kappa shape index (κ2) is 10.1. The number of aliphatic hydroxyl groups is 1. The van der Waals surface area contributed by atoms with Gasteiger partial charge in [0.05, 0.1) is 11.7 Å². The summed E-state index contributed by atoms with van der Waals surface area (Å²) in [5, 5.41) is 15.3. The third-order valence-electron chi connectivity index (χ3n) is 5.74. The summed E-state index contributed by atoms with van der Waals surface area (Å²) in [6.07, 6.45) is 5.18. The highest BCUT2D eigenvalue weighted by Crippen LogP contribution is 2.37. The van der Waals surface area contributed by atoms with Crippen molar-refractivity contribution in [2.75, 3.05) is 6.54 Å². The van der Waals surface area contributed by atoms with Crippen LogP contribution in [-0.2, 0) is 13.6 Å². The number of ether oxygens (including phenoxy) is 1. The van der Waals surface area contributed by atoms with Gasteiger partial charge in [-0.1, -0.05) is 36.4 Å². The molecule has 0 radical (unpaired) electrons. The van der Waals surface area contributed by atoms with Gasteiger partial charge in [0, 0.05) is 31.7 Å². The minimum atomic E-state index is -0.410. The molecule has 1 N–H and O–H groups in total. The average Bonchev–Trinajstić information content (AvgIpc) is 3.60. The standard InChI is InChI=1S/C26H30FN3O2/c1-3-4-10-22(31)17-30(21-13-14-21)18-24-25(19-8-6-5-7-9-19)28-29(2)26(24)32-23-15-11-20(27)12-16-23/h3,5-9,11-12,15-16,21-22,31H,1,4,10,13-14,17-18H2,2H3/t22-/m1/s1. The largest absolute Gasteiger partial charge is 0.439 e. The fourth-order valence-electron chi connectivity index (χ4n) is 3.92. The fourth-order valence-corrected chi connectivity index (χ4v) is 3.92. The number of allylic oxidation sites excluding steroid dienone is 1. The van der Waals surface area contributed by atoms with Gasteiger partial charge >= 0.3 is 0 Å². The molecule has 1 aliphatic carbocycles. The molecule has 3 aromatic rings. The molecule has 2 aromatic carbocycles. The van der Waals surface area contributed by atoms with E-state index < -0.39 is 6.10 Å². The van der Waals surface area contributed by atoms with Gasteiger partial charge in [-0.25, -0.2) is 9.07 Å². The molecule has 4 rings (SSSR count). The molecular formula is C26H30FN3O2. The zero-order valence-corrected chi connectivity index (χ0v) is 18.5. The Morgan fingerprint density at radius 3 is 2.59 bits per heavy atom. The molecule has 32 heavy (non-hydrogen) atoms. The van der Waals surface area contributed by atoms with Crippen LogP contribution in [0.4, 0.5) is 4.39 Å². The lowest BCUT2D eigenvalue weighted by molar-refractivity contribution is 0.0976. The number of nitrogens with zero attached hydrogens (tertiary/aromatic N) is 3. The van der Waals surface area contributed by atoms with Crippen LogP contribution in [0.5, 0.6) is 11.6 Å². The minimum Gasteiger partial charge on any atom is -0.439 e. The van der Waals surface area contributed by atoms with E-state index in [1.54, 1.807) is 16.8 Å². The third kappa shape index (κ3) is 5.44. The van der Waals surface area contributed by atoms with Gasteiger partial charge in [-0.05, 0) is 49.9 Å². The number of hydrogen-bond acceptors (Lipinski definition) is 4. The van der Waals surface area contributed by atoms with Crippen LogP contribution in [0.15, 0.2) is 67.3 Å². The first-order valence-electron chi connectivity index (χ1n) is 11.1. The Morgan fingerprint density at radius 1 is 1.22 bits per heavy atom. The topological polar surface area (TPSA) is 50.5 Å². The molecule has 0 spiro atoms. The van der Waals surface area contributed by atoms with E-state index >= 15 is 0 Å². The third-order valence-corrected chi connectivity index (χ3v) is 5.74. The molecule has 1 aliphatic rings. The molecule has 0 amide bonds. The van der Waals surface area contributed by atoms with Gasteiger partial charge in [0.2, 0.25) is 5.88 Å². The summed E-state index contributed by atoms with van der Waals surface area (Å²) in [6, 6.07) is 16.5. The van der Waals surface area contributed by atoms with E-state index in [0.717, 1.165) is 36.1 Å². The number of benzene rings is 2. The molecule has 0 saturated heterocycles. The number of aliphatic hydroxyl groups excluding tert-OH is 1. The minimum absolute atomic E-state index is 0.305. The maximum Gasteiger partial charge on any atom is 0.222 e. The molecule has 1 saturated carbocycles. The van der Waals surface area contributed by atoms with E-state index in [0.29, 0.717) is 37.2 Å². The first kappa shape index (κ1) is 22.2. The van der Waals surface area contributed by atoms with Crippen LogP contribution in [0.3, 0.4) is 0 Å². The van der Waals surface area contributed by atoms with Crippen molar-refractivity contribution in [2.24, 2.45) is 7.05 Å². The quantitative estimate of drug-likeness (QED) is 0.415. The van der Waals surface area contributed by atoms with Gasteiger partial charge in [-0.15, -0.1) is 6.58 Å². The van der Waals surface area contributed by atoms with E-state index in [2.05, 4.69) is 11.5 Å². The molecule has 1 aromatic heterocycles. The van der Waals surface area contributed by atoms with Gasteiger partial charge in [-0.3, -0.25) is 4.90 Å². The predicted molar refractivity (Wildman–Crippen MR) is 124 cm³/mol. The summed E-state index contributed by atoms with van der Waals surface area (Å²) in [5.74, 6) is 0.877. The Morgan fingerprint density at radius 2 is 1.94 bits per heavy atom. The Labute approximate surface area is 188 Å². The summed E-state index contributed by atoms with van der Waals surface area (Å²) in [7, 11) is 1.86. The second-order valence-electron chi connectivity index (χ2n) is 8.36. The zero-order chi connectivity index (χ0) is 22.5. The highest BCUT2D eigenvalue weighted by atomic mass is 19.1. The monoisotopic (exact) mass is 435 g/mol. The molecular weight excluding hydrogens is 405 g/mol. The maximum absolute atomic E-state index is 13.4. The van der Waals surface area contributed by atoms with E-state index in [-0.39, 0.29) is 5.82 Å². The SMILES string of the molecule is C=CCC[C@@H](O)CN(Cc1c(-c2ccccc2)nn(C)c1Oc1ccc(F)cc1)C1CC1. The normalized spacial score (nSPS) is 14.5. The van der Waals surface area contributed by atoms with E-state index in [4.69, 9.17) is 9.84 Å². The summed E-state index contributed by atoms with van der Waals surface area (Å²) >= 11 is 0. The van der Waals surface area contributed by atoms with Crippen LogP contribution >= 0.6 is 0 Å². The van der Waals surface area contributed by atoms with E-state index in [1.165, 1.54) is 12.1 Å².